The Labute approximate surface area is 134 Å². The van der Waals surface area contributed by atoms with Crippen LogP contribution in [-0.4, -0.2) is 22.8 Å². The summed E-state index contributed by atoms with van der Waals surface area (Å²) in [6.07, 6.45) is 0. The average Bonchev–Trinajstić information content (AvgIpc) is 2.55. The summed E-state index contributed by atoms with van der Waals surface area (Å²) in [6, 6.07) is 15.4. The molecule has 1 aromatic carbocycles. The number of nitrogens with zero attached hydrogens (tertiary/aromatic N) is 2. The maximum atomic E-state index is 11.7. The number of hydrogen-bond donors (Lipinski definition) is 0. The predicted octanol–water partition coefficient (Wildman–Crippen LogP) is 3.66. The van der Waals surface area contributed by atoms with Crippen LogP contribution >= 0.6 is 11.8 Å². The zero-order valence-electron chi connectivity index (χ0n) is 12.4. The number of pyridine rings is 1. The largest absolute Gasteiger partial charge is 0.465 e. The lowest BCUT2D eigenvalue weighted by molar-refractivity contribution is -0.142. The lowest BCUT2D eigenvalue weighted by Crippen LogP contribution is -2.17. The van der Waals surface area contributed by atoms with Gasteiger partial charge in [0.05, 0.1) is 17.9 Å². The Morgan fingerprint density at radius 1 is 1.32 bits per heavy atom. The van der Waals surface area contributed by atoms with Gasteiger partial charge in [-0.15, -0.1) is 0 Å². The van der Waals surface area contributed by atoms with Crippen molar-refractivity contribution in [2.24, 2.45) is 0 Å². The van der Waals surface area contributed by atoms with Crippen LogP contribution in [0.2, 0.25) is 0 Å². The molecule has 0 unspecified atom stereocenters. The first kappa shape index (κ1) is 16.1. The molecular weight excluding hydrogens is 296 g/mol. The van der Waals surface area contributed by atoms with E-state index < -0.39 is 5.25 Å². The van der Waals surface area contributed by atoms with Crippen molar-refractivity contribution in [1.29, 1.82) is 5.26 Å². The third-order valence-electron chi connectivity index (χ3n) is 2.96. The van der Waals surface area contributed by atoms with Crippen molar-refractivity contribution in [3.8, 4) is 17.3 Å². The fourth-order valence-corrected chi connectivity index (χ4v) is 2.75. The van der Waals surface area contributed by atoms with Crippen LogP contribution in [0.15, 0.2) is 47.5 Å². The second-order valence-electron chi connectivity index (χ2n) is 4.54. The van der Waals surface area contributed by atoms with E-state index in [0.717, 1.165) is 11.3 Å². The monoisotopic (exact) mass is 312 g/mol. The number of carbonyl (C=O) groups is 1. The molecule has 0 saturated heterocycles. The van der Waals surface area contributed by atoms with Crippen molar-refractivity contribution in [2.75, 3.05) is 6.61 Å². The van der Waals surface area contributed by atoms with E-state index in [2.05, 4.69) is 11.1 Å². The van der Waals surface area contributed by atoms with Crippen LogP contribution in [0.5, 0.6) is 0 Å². The van der Waals surface area contributed by atoms with Crippen molar-refractivity contribution in [1.82, 2.24) is 4.98 Å². The lowest BCUT2D eigenvalue weighted by atomic mass is 10.1. The van der Waals surface area contributed by atoms with Gasteiger partial charge in [-0.2, -0.15) is 5.26 Å². The zero-order valence-corrected chi connectivity index (χ0v) is 13.3. The molecule has 0 aliphatic heterocycles. The number of aromatic nitrogens is 1. The van der Waals surface area contributed by atoms with Crippen molar-refractivity contribution >= 4 is 17.7 Å². The number of hydrogen-bond acceptors (Lipinski definition) is 5. The molecule has 0 aliphatic carbocycles. The quantitative estimate of drug-likeness (QED) is 0.622. The van der Waals surface area contributed by atoms with Gasteiger partial charge in [0.2, 0.25) is 0 Å². The van der Waals surface area contributed by atoms with Crippen LogP contribution in [-0.2, 0) is 9.53 Å². The summed E-state index contributed by atoms with van der Waals surface area (Å²) in [5.41, 5.74) is 2.21. The summed E-state index contributed by atoms with van der Waals surface area (Å²) < 4.78 is 4.99. The van der Waals surface area contributed by atoms with Gasteiger partial charge >= 0.3 is 5.97 Å². The van der Waals surface area contributed by atoms with Crippen LogP contribution in [0.25, 0.3) is 11.3 Å². The zero-order chi connectivity index (χ0) is 15.9. The number of carbonyl (C=O) groups excluding carboxylic acids is 1. The molecular formula is C17H16N2O2S. The Hall–Kier alpha value is -2.32. The van der Waals surface area contributed by atoms with Crippen molar-refractivity contribution in [3.05, 3.63) is 48.0 Å². The van der Waals surface area contributed by atoms with Crippen molar-refractivity contribution in [2.45, 2.75) is 24.1 Å². The lowest BCUT2D eigenvalue weighted by Gasteiger charge is -2.11. The highest BCUT2D eigenvalue weighted by molar-refractivity contribution is 8.00. The standard InChI is InChI=1S/C17H16N2O2S/c1-3-21-17(20)12(2)22-16-14(11-18)9-10-15(19-16)13-7-5-4-6-8-13/h4-10,12H,3H2,1-2H3/t12-/m0/s1. The summed E-state index contributed by atoms with van der Waals surface area (Å²) in [5.74, 6) is -0.302. The Balaban J connectivity index is 2.30. The van der Waals surface area contributed by atoms with E-state index in [1.165, 1.54) is 11.8 Å². The highest BCUT2D eigenvalue weighted by Gasteiger charge is 2.18. The van der Waals surface area contributed by atoms with Gasteiger partial charge in [-0.1, -0.05) is 42.1 Å². The Kier molecular flexibility index (Phi) is 5.56. The smallest absolute Gasteiger partial charge is 0.319 e. The van der Waals surface area contributed by atoms with Gasteiger partial charge in [0.1, 0.15) is 16.3 Å². The van der Waals surface area contributed by atoms with Gasteiger partial charge in [0, 0.05) is 5.56 Å². The third kappa shape index (κ3) is 3.86. The molecule has 0 fully saturated rings. The molecule has 2 rings (SSSR count). The van der Waals surface area contributed by atoms with E-state index in [4.69, 9.17) is 4.74 Å². The normalized spacial score (nSPS) is 11.5. The highest BCUT2D eigenvalue weighted by Crippen LogP contribution is 2.28. The fourth-order valence-electron chi connectivity index (χ4n) is 1.86. The molecule has 0 N–H and O–H groups in total. The molecule has 0 amide bonds. The van der Waals surface area contributed by atoms with E-state index in [1.54, 1.807) is 19.9 Å². The van der Waals surface area contributed by atoms with E-state index in [9.17, 15) is 10.1 Å². The number of nitriles is 1. The Morgan fingerprint density at radius 3 is 2.68 bits per heavy atom. The molecule has 0 radical (unpaired) electrons. The van der Waals surface area contributed by atoms with E-state index in [0.29, 0.717) is 17.2 Å². The molecule has 0 saturated carbocycles. The summed E-state index contributed by atoms with van der Waals surface area (Å²) in [6.45, 7) is 3.86. The highest BCUT2D eigenvalue weighted by atomic mass is 32.2. The van der Waals surface area contributed by atoms with Gasteiger partial charge < -0.3 is 4.74 Å². The first-order valence-electron chi connectivity index (χ1n) is 6.95. The Morgan fingerprint density at radius 2 is 2.05 bits per heavy atom. The molecule has 2 aromatic rings. The number of benzene rings is 1. The summed E-state index contributed by atoms with van der Waals surface area (Å²) in [7, 11) is 0. The van der Waals surface area contributed by atoms with Crippen LogP contribution < -0.4 is 0 Å². The van der Waals surface area contributed by atoms with Gasteiger partial charge in [-0.3, -0.25) is 4.79 Å². The van der Waals surface area contributed by atoms with Crippen molar-refractivity contribution < 1.29 is 9.53 Å². The Bertz CT molecular complexity index is 696. The molecule has 1 atom stereocenters. The number of esters is 1. The summed E-state index contributed by atoms with van der Waals surface area (Å²) in [5, 5.41) is 9.35. The first-order valence-corrected chi connectivity index (χ1v) is 7.83. The number of ether oxygens (including phenoxy) is 1. The summed E-state index contributed by atoms with van der Waals surface area (Å²) >= 11 is 1.24. The van der Waals surface area contributed by atoms with Crippen LogP contribution in [0, 0.1) is 11.3 Å². The molecule has 22 heavy (non-hydrogen) atoms. The molecule has 4 nitrogen and oxygen atoms in total. The molecule has 0 aliphatic rings. The predicted molar refractivity (Wildman–Crippen MR) is 86.3 cm³/mol. The molecule has 1 heterocycles. The van der Waals surface area contributed by atoms with Crippen molar-refractivity contribution in [3.63, 3.8) is 0 Å². The molecule has 0 spiro atoms. The van der Waals surface area contributed by atoms with Crippen LogP contribution in [0.1, 0.15) is 19.4 Å². The minimum Gasteiger partial charge on any atom is -0.465 e. The second-order valence-corrected chi connectivity index (χ2v) is 5.87. The van der Waals surface area contributed by atoms with E-state index in [-0.39, 0.29) is 5.97 Å². The van der Waals surface area contributed by atoms with Gasteiger partial charge in [-0.25, -0.2) is 4.98 Å². The topological polar surface area (TPSA) is 63.0 Å². The van der Waals surface area contributed by atoms with Gasteiger partial charge in [0.15, 0.2) is 0 Å². The van der Waals surface area contributed by atoms with E-state index >= 15 is 0 Å². The number of thioether (sulfide) groups is 1. The van der Waals surface area contributed by atoms with Crippen LogP contribution in [0.3, 0.4) is 0 Å². The van der Waals surface area contributed by atoms with E-state index in [1.807, 2.05) is 36.4 Å². The minimum absolute atomic E-state index is 0.302. The SMILES string of the molecule is CCOC(=O)[C@H](C)Sc1nc(-c2ccccc2)ccc1C#N. The molecule has 0 bridgehead atoms. The van der Waals surface area contributed by atoms with Gasteiger partial charge in [-0.05, 0) is 26.0 Å². The van der Waals surface area contributed by atoms with Gasteiger partial charge in [0.25, 0.3) is 0 Å². The fraction of sp³-hybridized carbons (Fsp3) is 0.235. The maximum Gasteiger partial charge on any atom is 0.319 e. The second kappa shape index (κ2) is 7.62. The van der Waals surface area contributed by atoms with Crippen LogP contribution in [0.4, 0.5) is 0 Å². The number of rotatable bonds is 5. The first-order chi connectivity index (χ1) is 10.7. The maximum absolute atomic E-state index is 11.7. The molecule has 1 aromatic heterocycles. The molecule has 112 valence electrons. The third-order valence-corrected chi connectivity index (χ3v) is 4.04. The average molecular weight is 312 g/mol. The summed E-state index contributed by atoms with van der Waals surface area (Å²) in [4.78, 5) is 16.3. The minimum atomic E-state index is -0.412. The molecule has 5 heteroatoms.